The molecule has 90 valence electrons. The maximum Gasteiger partial charge on any atom is 0.265 e. The predicted molar refractivity (Wildman–Crippen MR) is 52.6 cm³/mol. The zero-order valence-corrected chi connectivity index (χ0v) is 8.70. The van der Waals surface area contributed by atoms with E-state index in [0.29, 0.717) is 5.69 Å². The van der Waals surface area contributed by atoms with Crippen LogP contribution in [0, 0.1) is 5.82 Å². The first kappa shape index (κ1) is 12.9. The zero-order valence-electron chi connectivity index (χ0n) is 8.70. The van der Waals surface area contributed by atoms with E-state index >= 15 is 0 Å². The van der Waals surface area contributed by atoms with E-state index in [1.807, 2.05) is 0 Å². The minimum atomic E-state index is -2.78. The number of halogens is 3. The van der Waals surface area contributed by atoms with Crippen LogP contribution in [-0.4, -0.2) is 29.2 Å². The summed E-state index contributed by atoms with van der Waals surface area (Å²) in [4.78, 5) is 3.79. The fraction of sp³-hybridized carbons (Fsp3) is 0.500. The van der Waals surface area contributed by atoms with Gasteiger partial charge in [0, 0.05) is 12.6 Å². The van der Waals surface area contributed by atoms with Gasteiger partial charge in [0.05, 0.1) is 11.9 Å². The van der Waals surface area contributed by atoms with Gasteiger partial charge in [-0.2, -0.15) is 0 Å². The first-order valence-electron chi connectivity index (χ1n) is 4.81. The number of rotatable bonds is 5. The van der Waals surface area contributed by atoms with Gasteiger partial charge in [-0.1, -0.05) is 0 Å². The lowest BCUT2D eigenvalue weighted by Gasteiger charge is -2.16. The van der Waals surface area contributed by atoms with Crippen LogP contribution in [0.25, 0.3) is 0 Å². The van der Waals surface area contributed by atoms with Gasteiger partial charge in [-0.15, -0.1) is 0 Å². The Morgan fingerprint density at radius 2 is 2.12 bits per heavy atom. The first-order valence-corrected chi connectivity index (χ1v) is 4.81. The largest absolute Gasteiger partial charge is 0.386 e. The Morgan fingerprint density at radius 3 is 2.62 bits per heavy atom. The molecule has 2 N–H and O–H groups in total. The third kappa shape index (κ3) is 3.79. The van der Waals surface area contributed by atoms with E-state index in [2.05, 4.69) is 10.3 Å². The van der Waals surface area contributed by atoms with Crippen molar-refractivity contribution in [1.82, 2.24) is 10.3 Å². The molecule has 0 fully saturated rings. The molecule has 2 atom stereocenters. The Hall–Kier alpha value is -1.14. The lowest BCUT2D eigenvalue weighted by Crippen LogP contribution is -2.33. The lowest BCUT2D eigenvalue weighted by molar-refractivity contribution is -0.00444. The third-order valence-electron chi connectivity index (χ3n) is 2.12. The molecule has 1 rings (SSSR count). The molecule has 0 saturated carbocycles. The number of alkyl halides is 2. The topological polar surface area (TPSA) is 45.1 Å². The number of hydrogen-bond donors (Lipinski definition) is 2. The maximum absolute atomic E-state index is 12.5. The lowest BCUT2D eigenvalue weighted by atomic mass is 10.2. The highest BCUT2D eigenvalue weighted by Gasteiger charge is 2.17. The van der Waals surface area contributed by atoms with Gasteiger partial charge in [0.25, 0.3) is 6.43 Å². The number of nitrogens with one attached hydrogen (secondary N) is 1. The van der Waals surface area contributed by atoms with Crippen molar-refractivity contribution in [2.75, 3.05) is 6.54 Å². The molecule has 0 aliphatic rings. The van der Waals surface area contributed by atoms with Crippen molar-refractivity contribution in [2.45, 2.75) is 25.5 Å². The molecular formula is C10H13F3N2O. The Balaban J connectivity index is 2.46. The van der Waals surface area contributed by atoms with Gasteiger partial charge in [-0.05, 0) is 19.1 Å². The normalized spacial score (nSPS) is 15.1. The van der Waals surface area contributed by atoms with Crippen molar-refractivity contribution >= 4 is 0 Å². The average Bonchev–Trinajstić information content (AvgIpc) is 2.26. The number of aromatic nitrogens is 1. The number of pyridine rings is 1. The summed E-state index contributed by atoms with van der Waals surface area (Å²) in [5.41, 5.74) is 0.530. The van der Waals surface area contributed by atoms with Crippen LogP contribution in [0.15, 0.2) is 18.3 Å². The van der Waals surface area contributed by atoms with Gasteiger partial charge in [0.15, 0.2) is 0 Å². The van der Waals surface area contributed by atoms with E-state index in [1.165, 1.54) is 12.1 Å². The summed E-state index contributed by atoms with van der Waals surface area (Å²) < 4.78 is 36.5. The molecular weight excluding hydrogens is 221 g/mol. The van der Waals surface area contributed by atoms with Gasteiger partial charge >= 0.3 is 0 Å². The molecule has 0 spiro atoms. The number of aliphatic hydroxyl groups is 1. The zero-order chi connectivity index (χ0) is 12.1. The molecule has 2 unspecified atom stereocenters. The van der Waals surface area contributed by atoms with Crippen LogP contribution in [0.1, 0.15) is 18.7 Å². The van der Waals surface area contributed by atoms with Crippen LogP contribution >= 0.6 is 0 Å². The van der Waals surface area contributed by atoms with Crippen LogP contribution in [0.4, 0.5) is 13.2 Å². The Bertz CT molecular complexity index is 318. The summed E-state index contributed by atoms with van der Waals surface area (Å²) in [7, 11) is 0. The molecule has 0 aliphatic carbocycles. The monoisotopic (exact) mass is 234 g/mol. The Morgan fingerprint density at radius 1 is 1.44 bits per heavy atom. The minimum absolute atomic E-state index is 0.238. The number of aliphatic hydroxyl groups excluding tert-OH is 1. The van der Waals surface area contributed by atoms with E-state index in [0.717, 1.165) is 6.20 Å². The molecule has 1 aromatic heterocycles. The van der Waals surface area contributed by atoms with Crippen LogP contribution in [0.2, 0.25) is 0 Å². The summed E-state index contributed by atoms with van der Waals surface area (Å²) >= 11 is 0. The molecule has 0 aromatic carbocycles. The highest BCUT2D eigenvalue weighted by molar-refractivity contribution is 5.08. The van der Waals surface area contributed by atoms with Crippen LogP contribution in [0.5, 0.6) is 0 Å². The number of hydrogen-bond acceptors (Lipinski definition) is 3. The SMILES string of the molecule is CC(NCC(O)C(F)F)c1ccc(F)cn1. The average molecular weight is 234 g/mol. The summed E-state index contributed by atoms with van der Waals surface area (Å²) in [5, 5.41) is 11.6. The minimum Gasteiger partial charge on any atom is -0.386 e. The summed E-state index contributed by atoms with van der Waals surface area (Å²) in [6.45, 7) is 1.45. The maximum atomic E-state index is 12.5. The molecule has 0 radical (unpaired) electrons. The molecule has 0 bridgehead atoms. The van der Waals surface area contributed by atoms with E-state index in [-0.39, 0.29) is 12.6 Å². The van der Waals surface area contributed by atoms with Gasteiger partial charge in [-0.3, -0.25) is 4.98 Å². The van der Waals surface area contributed by atoms with Gasteiger partial charge in [-0.25, -0.2) is 13.2 Å². The second kappa shape index (κ2) is 5.81. The van der Waals surface area contributed by atoms with Crippen LogP contribution in [-0.2, 0) is 0 Å². The summed E-state index contributed by atoms with van der Waals surface area (Å²) in [5.74, 6) is -0.455. The molecule has 1 heterocycles. The summed E-state index contributed by atoms with van der Waals surface area (Å²) in [6.07, 6.45) is -3.43. The van der Waals surface area contributed by atoms with Gasteiger partial charge in [0.1, 0.15) is 11.9 Å². The Kier molecular flexibility index (Phi) is 4.70. The Labute approximate surface area is 91.3 Å². The quantitative estimate of drug-likeness (QED) is 0.811. The van der Waals surface area contributed by atoms with Crippen molar-refractivity contribution in [2.24, 2.45) is 0 Å². The van der Waals surface area contributed by atoms with E-state index < -0.39 is 18.3 Å². The third-order valence-corrected chi connectivity index (χ3v) is 2.12. The second-order valence-electron chi connectivity index (χ2n) is 3.43. The van der Waals surface area contributed by atoms with Gasteiger partial charge in [0.2, 0.25) is 0 Å². The van der Waals surface area contributed by atoms with E-state index in [1.54, 1.807) is 6.92 Å². The summed E-state index contributed by atoms with van der Waals surface area (Å²) in [6, 6.07) is 2.38. The fourth-order valence-corrected chi connectivity index (χ4v) is 1.13. The molecule has 0 saturated heterocycles. The highest BCUT2D eigenvalue weighted by Crippen LogP contribution is 2.10. The molecule has 16 heavy (non-hydrogen) atoms. The smallest absolute Gasteiger partial charge is 0.265 e. The van der Waals surface area contributed by atoms with Crippen molar-refractivity contribution in [1.29, 1.82) is 0 Å². The van der Waals surface area contributed by atoms with Crippen molar-refractivity contribution in [3.8, 4) is 0 Å². The van der Waals surface area contributed by atoms with Crippen LogP contribution < -0.4 is 5.32 Å². The van der Waals surface area contributed by atoms with Crippen molar-refractivity contribution < 1.29 is 18.3 Å². The number of nitrogens with zero attached hydrogens (tertiary/aromatic N) is 1. The highest BCUT2D eigenvalue weighted by atomic mass is 19.3. The second-order valence-corrected chi connectivity index (χ2v) is 3.43. The molecule has 1 aromatic rings. The standard InChI is InChI=1S/C10H13F3N2O/c1-6(14-5-9(16)10(12)13)8-3-2-7(11)4-15-8/h2-4,6,9-10,14,16H,5H2,1H3. The molecule has 3 nitrogen and oxygen atoms in total. The van der Waals surface area contributed by atoms with Gasteiger partial charge < -0.3 is 10.4 Å². The molecule has 6 heteroatoms. The first-order chi connectivity index (χ1) is 7.50. The molecule has 0 amide bonds. The van der Waals surface area contributed by atoms with E-state index in [9.17, 15) is 13.2 Å². The van der Waals surface area contributed by atoms with E-state index in [4.69, 9.17) is 5.11 Å². The predicted octanol–water partition coefficient (Wildman–Crippen LogP) is 1.50. The van der Waals surface area contributed by atoms with Crippen LogP contribution in [0.3, 0.4) is 0 Å². The van der Waals surface area contributed by atoms with Crippen molar-refractivity contribution in [3.63, 3.8) is 0 Å². The fourth-order valence-electron chi connectivity index (χ4n) is 1.13. The van der Waals surface area contributed by atoms with Crippen molar-refractivity contribution in [3.05, 3.63) is 29.8 Å². The molecule has 0 aliphatic heterocycles.